The second-order valence-electron chi connectivity index (χ2n) is 6.89. The second-order valence-corrected chi connectivity index (χ2v) is 6.89. The van der Waals surface area contributed by atoms with Gasteiger partial charge < -0.3 is 34.8 Å². The van der Waals surface area contributed by atoms with E-state index >= 15 is 0 Å². The highest BCUT2D eigenvalue weighted by Gasteiger charge is 2.37. The number of aliphatic carboxylic acids is 1. The van der Waals surface area contributed by atoms with E-state index in [0.29, 0.717) is 11.4 Å². The summed E-state index contributed by atoms with van der Waals surface area (Å²) >= 11 is 0. The fourth-order valence-corrected chi connectivity index (χ4v) is 3.18. The minimum absolute atomic E-state index is 0.0124. The van der Waals surface area contributed by atoms with Crippen molar-refractivity contribution >= 4 is 17.3 Å². The van der Waals surface area contributed by atoms with Crippen molar-refractivity contribution in [2.75, 3.05) is 11.9 Å². The molecule has 0 radical (unpaired) electrons. The molecule has 30 heavy (non-hydrogen) atoms. The van der Waals surface area contributed by atoms with Gasteiger partial charge in [-0.2, -0.15) is 0 Å². The molecule has 0 amide bonds. The quantitative estimate of drug-likeness (QED) is 0.421. The van der Waals surface area contributed by atoms with Crippen molar-refractivity contribution < 1.29 is 34.3 Å². The summed E-state index contributed by atoms with van der Waals surface area (Å²) in [5.74, 6) is -0.611. The summed E-state index contributed by atoms with van der Waals surface area (Å²) in [6.07, 6.45) is -4.16. The Labute approximate surface area is 171 Å². The minimum Gasteiger partial charge on any atom is -0.488 e. The Morgan fingerprint density at radius 1 is 1.20 bits per heavy atom. The smallest absolute Gasteiger partial charge is 0.303 e. The van der Waals surface area contributed by atoms with E-state index in [0.717, 1.165) is 0 Å². The number of aliphatic hydroxyl groups excluding tert-OH is 2. The van der Waals surface area contributed by atoms with E-state index in [2.05, 4.69) is 5.32 Å². The summed E-state index contributed by atoms with van der Waals surface area (Å²) in [6, 6.07) is 6.44. The number of ether oxygens (including phenoxy) is 3. The van der Waals surface area contributed by atoms with Gasteiger partial charge in [0.25, 0.3) is 10.9 Å². The molecule has 0 aliphatic carbocycles. The molecule has 0 spiro atoms. The zero-order chi connectivity index (χ0) is 21.8. The van der Waals surface area contributed by atoms with Gasteiger partial charge in [-0.05, 0) is 37.6 Å². The van der Waals surface area contributed by atoms with Crippen LogP contribution >= 0.6 is 0 Å². The second kappa shape index (κ2) is 9.24. The number of nitrogens with one attached hydrogen (secondary N) is 1. The molecular formula is C20H23NO9. The maximum absolute atomic E-state index is 11.7. The van der Waals surface area contributed by atoms with Crippen molar-refractivity contribution in [3.05, 3.63) is 44.7 Å². The zero-order valence-electron chi connectivity index (χ0n) is 16.2. The van der Waals surface area contributed by atoms with Crippen molar-refractivity contribution in [1.82, 2.24) is 0 Å². The van der Waals surface area contributed by atoms with Gasteiger partial charge in [0, 0.05) is 18.5 Å². The standard InChI is InChI=1S/C20H23NO9/c1-2-28-20-16(18(26)19(20)27)21-10-3-5-11(6-4-10)29-15-9-12(22)17(25)13(30-15)7-8-14(23)24/h3-6,12-13,15,17,21-22,25H,2,7-9H2,1H3,(H,23,24)/t12-,13?,15?,17?/m1/s1. The van der Waals surface area contributed by atoms with Crippen molar-refractivity contribution in [2.24, 2.45) is 0 Å². The molecule has 2 aromatic rings. The molecule has 1 aliphatic rings. The molecule has 1 fully saturated rings. The highest BCUT2D eigenvalue weighted by Crippen LogP contribution is 2.28. The van der Waals surface area contributed by atoms with Crippen molar-refractivity contribution in [2.45, 2.75) is 50.8 Å². The van der Waals surface area contributed by atoms with Crippen LogP contribution in [0.3, 0.4) is 0 Å². The summed E-state index contributed by atoms with van der Waals surface area (Å²) in [4.78, 5) is 33.9. The molecule has 1 heterocycles. The van der Waals surface area contributed by atoms with E-state index in [-0.39, 0.29) is 37.3 Å². The average molecular weight is 421 g/mol. The van der Waals surface area contributed by atoms with Gasteiger partial charge in [-0.25, -0.2) is 0 Å². The van der Waals surface area contributed by atoms with Crippen LogP contribution in [0.4, 0.5) is 11.4 Å². The lowest BCUT2D eigenvalue weighted by molar-refractivity contribution is -0.224. The highest BCUT2D eigenvalue weighted by atomic mass is 16.7. The minimum atomic E-state index is -1.19. The Bertz CT molecular complexity index is 948. The topological polar surface area (TPSA) is 152 Å². The third-order valence-corrected chi connectivity index (χ3v) is 4.72. The van der Waals surface area contributed by atoms with Crippen LogP contribution in [0.25, 0.3) is 0 Å². The largest absolute Gasteiger partial charge is 0.488 e. The summed E-state index contributed by atoms with van der Waals surface area (Å²) in [5, 5.41) is 31.6. The maximum atomic E-state index is 11.7. The van der Waals surface area contributed by atoms with E-state index in [1.54, 1.807) is 31.2 Å². The molecule has 3 rings (SSSR count). The van der Waals surface area contributed by atoms with Gasteiger partial charge in [-0.3, -0.25) is 14.4 Å². The Morgan fingerprint density at radius 2 is 1.90 bits per heavy atom. The van der Waals surface area contributed by atoms with E-state index < -0.39 is 41.4 Å². The summed E-state index contributed by atoms with van der Waals surface area (Å²) in [7, 11) is 0. The molecule has 0 bridgehead atoms. The SMILES string of the molecule is CCOc1c(Nc2ccc(OC3C[C@@H](O)C(O)C(CCC(=O)O)O3)cc2)c(=O)c1=O. The lowest BCUT2D eigenvalue weighted by Gasteiger charge is -2.36. The predicted octanol–water partition coefficient (Wildman–Crippen LogP) is 0.505. The van der Waals surface area contributed by atoms with Crippen molar-refractivity contribution in [3.8, 4) is 11.5 Å². The zero-order valence-corrected chi connectivity index (χ0v) is 16.2. The molecule has 0 saturated carbocycles. The number of anilines is 2. The van der Waals surface area contributed by atoms with Crippen LogP contribution < -0.4 is 25.6 Å². The van der Waals surface area contributed by atoms with Crippen LogP contribution in [-0.2, 0) is 9.53 Å². The number of carbonyl (C=O) groups is 1. The summed E-state index contributed by atoms with van der Waals surface area (Å²) < 4.78 is 16.4. The van der Waals surface area contributed by atoms with E-state index in [9.17, 15) is 24.6 Å². The first-order chi connectivity index (χ1) is 14.3. The third kappa shape index (κ3) is 4.78. The lowest BCUT2D eigenvalue weighted by atomic mass is 9.98. The van der Waals surface area contributed by atoms with Crippen LogP contribution in [0.15, 0.2) is 33.9 Å². The molecule has 4 atom stereocenters. The number of hydrogen-bond donors (Lipinski definition) is 4. The fourth-order valence-electron chi connectivity index (χ4n) is 3.18. The van der Waals surface area contributed by atoms with Crippen LogP contribution in [0.2, 0.25) is 0 Å². The van der Waals surface area contributed by atoms with Crippen molar-refractivity contribution in [3.63, 3.8) is 0 Å². The van der Waals surface area contributed by atoms with Gasteiger partial charge in [0.1, 0.15) is 17.5 Å². The maximum Gasteiger partial charge on any atom is 0.303 e. The number of carboxylic acid groups (broad SMARTS) is 1. The Hall–Kier alpha value is -2.95. The first kappa shape index (κ1) is 21.8. The number of benzene rings is 1. The summed E-state index contributed by atoms with van der Waals surface area (Å²) in [6.45, 7) is 1.98. The molecule has 2 aromatic carbocycles. The van der Waals surface area contributed by atoms with Gasteiger partial charge in [0.15, 0.2) is 5.75 Å². The molecule has 1 aliphatic heterocycles. The summed E-state index contributed by atoms with van der Waals surface area (Å²) in [5.41, 5.74) is -0.666. The number of aliphatic hydroxyl groups is 2. The van der Waals surface area contributed by atoms with Crippen LogP contribution in [0.1, 0.15) is 26.2 Å². The molecular weight excluding hydrogens is 398 g/mol. The van der Waals surface area contributed by atoms with Gasteiger partial charge in [0.05, 0.1) is 18.8 Å². The van der Waals surface area contributed by atoms with Gasteiger partial charge >= 0.3 is 5.97 Å². The molecule has 0 aromatic heterocycles. The van der Waals surface area contributed by atoms with Crippen LogP contribution in [-0.4, -0.2) is 52.5 Å². The first-order valence-electron chi connectivity index (χ1n) is 9.53. The normalized spacial score (nSPS) is 23.8. The molecule has 162 valence electrons. The molecule has 1 saturated heterocycles. The monoisotopic (exact) mass is 421 g/mol. The molecule has 4 N–H and O–H groups in total. The lowest BCUT2D eigenvalue weighted by Crippen LogP contribution is -2.49. The van der Waals surface area contributed by atoms with Gasteiger partial charge in [0.2, 0.25) is 6.29 Å². The average Bonchev–Trinajstić information content (AvgIpc) is 2.72. The van der Waals surface area contributed by atoms with Crippen molar-refractivity contribution in [1.29, 1.82) is 0 Å². The predicted molar refractivity (Wildman–Crippen MR) is 105 cm³/mol. The number of hydrogen-bond acceptors (Lipinski definition) is 9. The third-order valence-electron chi connectivity index (χ3n) is 4.72. The number of carboxylic acids is 1. The Morgan fingerprint density at radius 3 is 2.53 bits per heavy atom. The van der Waals surface area contributed by atoms with Crippen LogP contribution in [0, 0.1) is 0 Å². The number of rotatable bonds is 9. The highest BCUT2D eigenvalue weighted by molar-refractivity contribution is 5.70. The molecule has 10 nitrogen and oxygen atoms in total. The molecule has 10 heteroatoms. The van der Waals surface area contributed by atoms with E-state index in [1.165, 1.54) is 0 Å². The van der Waals surface area contributed by atoms with Crippen LogP contribution in [0.5, 0.6) is 11.5 Å². The fraction of sp³-hybridized carbons (Fsp3) is 0.450. The Kier molecular flexibility index (Phi) is 6.70. The first-order valence-corrected chi connectivity index (χ1v) is 9.53. The molecule has 3 unspecified atom stereocenters. The Balaban J connectivity index is 1.61. The van der Waals surface area contributed by atoms with Gasteiger partial charge in [-0.1, -0.05) is 0 Å². The van der Waals surface area contributed by atoms with Gasteiger partial charge in [-0.15, -0.1) is 0 Å². The van der Waals surface area contributed by atoms with E-state index in [1.807, 2.05) is 0 Å². The van der Waals surface area contributed by atoms with E-state index in [4.69, 9.17) is 19.3 Å².